The normalized spacial score (nSPS) is 24.4. The highest BCUT2D eigenvalue weighted by Gasteiger charge is 2.62. The number of hydrogen-bond donors (Lipinski definition) is 1. The Balaban J connectivity index is 1.07. The average molecular weight is 526 g/mol. The Morgan fingerprint density at radius 2 is 2.00 bits per heavy atom. The molecule has 1 saturated carbocycles. The molecule has 7 rings (SSSR count). The standard InChI is InChI=1S/C32H35N3O4/c1-21-23(10-9-22-16-34(13-11-26(21)22)25-19-38-20-25)18-39-29-7-3-2-5-27(29)28-6-4-8-30(33-28)35-14-12-32(31(36)37)15-24(32)17-35/h2-10,24-25H,11-20H2,1H3,(H,36,37)/t24-,32+/m0/s1. The van der Waals surface area contributed by atoms with E-state index in [9.17, 15) is 9.90 Å². The summed E-state index contributed by atoms with van der Waals surface area (Å²) in [4.78, 5) is 21.5. The summed E-state index contributed by atoms with van der Waals surface area (Å²) in [5.74, 6) is 1.31. The summed E-state index contributed by atoms with van der Waals surface area (Å²) in [5.41, 5.74) is 6.82. The van der Waals surface area contributed by atoms with Crippen LogP contribution in [0.5, 0.6) is 5.75 Å². The summed E-state index contributed by atoms with van der Waals surface area (Å²) in [6.45, 7) is 8.04. The van der Waals surface area contributed by atoms with Gasteiger partial charge in [-0.15, -0.1) is 0 Å². The molecule has 2 aromatic carbocycles. The fraction of sp³-hybridized carbons (Fsp3) is 0.438. The van der Waals surface area contributed by atoms with Crippen LogP contribution in [0.4, 0.5) is 5.82 Å². The van der Waals surface area contributed by atoms with Gasteiger partial charge in [-0.1, -0.05) is 30.3 Å². The number of nitrogens with zero attached hydrogens (tertiary/aromatic N) is 3. The second-order valence-corrected chi connectivity index (χ2v) is 11.6. The summed E-state index contributed by atoms with van der Waals surface area (Å²) in [6, 6.07) is 19.3. The number of benzene rings is 2. The Morgan fingerprint density at radius 3 is 2.79 bits per heavy atom. The maximum absolute atomic E-state index is 11.7. The summed E-state index contributed by atoms with van der Waals surface area (Å²) in [6.07, 6.45) is 2.54. The van der Waals surface area contributed by atoms with Crippen molar-refractivity contribution in [1.29, 1.82) is 0 Å². The number of carbonyl (C=O) groups is 1. The highest BCUT2D eigenvalue weighted by molar-refractivity contribution is 5.79. The van der Waals surface area contributed by atoms with E-state index in [0.717, 1.165) is 75.1 Å². The first-order valence-electron chi connectivity index (χ1n) is 14.1. The number of hydrogen-bond acceptors (Lipinski definition) is 6. The molecule has 7 nitrogen and oxygen atoms in total. The van der Waals surface area contributed by atoms with Gasteiger partial charge in [0, 0.05) is 31.7 Å². The topological polar surface area (TPSA) is 75.1 Å². The minimum Gasteiger partial charge on any atom is -0.488 e. The molecule has 202 valence electrons. The zero-order chi connectivity index (χ0) is 26.6. The number of pyridine rings is 1. The maximum Gasteiger partial charge on any atom is 0.310 e. The van der Waals surface area contributed by atoms with E-state index in [1.165, 1.54) is 22.3 Å². The Labute approximate surface area is 229 Å². The molecule has 39 heavy (non-hydrogen) atoms. The molecule has 0 spiro atoms. The molecule has 0 unspecified atom stereocenters. The summed E-state index contributed by atoms with van der Waals surface area (Å²) in [7, 11) is 0. The molecule has 1 aromatic heterocycles. The van der Waals surface area contributed by atoms with Gasteiger partial charge in [-0.2, -0.15) is 0 Å². The number of rotatable bonds is 7. The monoisotopic (exact) mass is 525 g/mol. The minimum atomic E-state index is -0.639. The first-order valence-corrected chi connectivity index (χ1v) is 14.1. The van der Waals surface area contributed by atoms with Crippen molar-refractivity contribution in [2.75, 3.05) is 37.7 Å². The van der Waals surface area contributed by atoms with Crippen molar-refractivity contribution in [2.45, 2.75) is 45.4 Å². The van der Waals surface area contributed by atoms with Crippen LogP contribution in [0.25, 0.3) is 11.3 Å². The SMILES string of the molecule is Cc1c(COc2ccccc2-c2cccc(N3CC[C@@]4(C(=O)O)C[C@H]4C3)n2)ccc2c1CCN(C1COC1)C2. The van der Waals surface area contributed by atoms with E-state index in [0.29, 0.717) is 19.1 Å². The molecule has 4 aliphatic rings. The molecule has 2 saturated heterocycles. The van der Waals surface area contributed by atoms with Gasteiger partial charge in [-0.05, 0) is 78.6 Å². The number of fused-ring (bicyclic) bond motifs is 2. The quantitative estimate of drug-likeness (QED) is 0.480. The first kappa shape index (κ1) is 24.6. The molecule has 1 aliphatic carbocycles. The van der Waals surface area contributed by atoms with Gasteiger partial charge in [0.25, 0.3) is 0 Å². The molecule has 0 radical (unpaired) electrons. The molecular weight excluding hydrogens is 490 g/mol. The van der Waals surface area contributed by atoms with E-state index in [2.05, 4.69) is 34.9 Å². The average Bonchev–Trinajstić information content (AvgIpc) is 3.68. The van der Waals surface area contributed by atoms with Crippen LogP contribution in [-0.2, 0) is 29.1 Å². The Hall–Kier alpha value is -3.42. The zero-order valence-corrected chi connectivity index (χ0v) is 22.4. The number of aliphatic carboxylic acids is 1. The number of carboxylic acid groups (broad SMARTS) is 1. The van der Waals surface area contributed by atoms with Crippen LogP contribution in [0.3, 0.4) is 0 Å². The molecular formula is C32H35N3O4. The largest absolute Gasteiger partial charge is 0.488 e. The van der Waals surface area contributed by atoms with Gasteiger partial charge in [0.1, 0.15) is 18.2 Å². The van der Waals surface area contributed by atoms with E-state index in [1.54, 1.807) is 0 Å². The maximum atomic E-state index is 11.7. The van der Waals surface area contributed by atoms with Gasteiger partial charge in [-0.25, -0.2) is 4.98 Å². The third-order valence-electron chi connectivity index (χ3n) is 9.50. The Morgan fingerprint density at radius 1 is 1.13 bits per heavy atom. The van der Waals surface area contributed by atoms with Crippen LogP contribution in [0.1, 0.15) is 35.1 Å². The van der Waals surface area contributed by atoms with Crippen molar-refractivity contribution in [2.24, 2.45) is 11.3 Å². The fourth-order valence-corrected chi connectivity index (χ4v) is 6.72. The molecule has 0 amide bonds. The fourth-order valence-electron chi connectivity index (χ4n) is 6.72. The molecule has 3 fully saturated rings. The van der Waals surface area contributed by atoms with E-state index in [1.807, 2.05) is 36.4 Å². The van der Waals surface area contributed by atoms with Gasteiger partial charge in [0.2, 0.25) is 0 Å². The third-order valence-corrected chi connectivity index (χ3v) is 9.50. The second-order valence-electron chi connectivity index (χ2n) is 11.6. The lowest BCUT2D eigenvalue weighted by molar-refractivity contribution is -0.144. The number of para-hydroxylation sites is 1. The smallest absolute Gasteiger partial charge is 0.310 e. The second kappa shape index (κ2) is 9.65. The summed E-state index contributed by atoms with van der Waals surface area (Å²) < 4.78 is 11.8. The molecule has 4 heterocycles. The summed E-state index contributed by atoms with van der Waals surface area (Å²) >= 11 is 0. The third kappa shape index (κ3) is 4.38. The highest BCUT2D eigenvalue weighted by atomic mass is 16.5. The van der Waals surface area contributed by atoms with Gasteiger partial charge in [-0.3, -0.25) is 9.69 Å². The van der Waals surface area contributed by atoms with Crippen molar-refractivity contribution in [3.63, 3.8) is 0 Å². The number of aromatic nitrogens is 1. The first-order chi connectivity index (χ1) is 19.0. The lowest BCUT2D eigenvalue weighted by atomic mass is 9.91. The van der Waals surface area contributed by atoms with Crippen LogP contribution in [0.15, 0.2) is 54.6 Å². The van der Waals surface area contributed by atoms with Crippen molar-refractivity contribution in [3.8, 4) is 17.0 Å². The number of anilines is 1. The molecule has 1 N–H and O–H groups in total. The molecule has 3 aromatic rings. The Kier molecular flexibility index (Phi) is 6.09. The zero-order valence-electron chi connectivity index (χ0n) is 22.4. The van der Waals surface area contributed by atoms with Crippen LogP contribution in [0.2, 0.25) is 0 Å². The van der Waals surface area contributed by atoms with E-state index >= 15 is 0 Å². The van der Waals surface area contributed by atoms with Crippen LogP contribution < -0.4 is 9.64 Å². The van der Waals surface area contributed by atoms with Crippen molar-refractivity contribution in [3.05, 3.63) is 76.9 Å². The molecule has 0 bridgehead atoms. The van der Waals surface area contributed by atoms with E-state index in [-0.39, 0.29) is 5.92 Å². The van der Waals surface area contributed by atoms with Crippen LogP contribution >= 0.6 is 0 Å². The summed E-state index contributed by atoms with van der Waals surface area (Å²) in [5, 5.41) is 9.62. The predicted octanol–water partition coefficient (Wildman–Crippen LogP) is 4.69. The predicted molar refractivity (Wildman–Crippen MR) is 149 cm³/mol. The minimum absolute atomic E-state index is 0.222. The van der Waals surface area contributed by atoms with Gasteiger partial charge in [0.05, 0.1) is 30.4 Å². The van der Waals surface area contributed by atoms with Crippen molar-refractivity contribution < 1.29 is 19.4 Å². The number of piperidine rings is 1. The molecule has 2 atom stereocenters. The van der Waals surface area contributed by atoms with Gasteiger partial charge in [0.15, 0.2) is 0 Å². The molecule has 7 heteroatoms. The number of ether oxygens (including phenoxy) is 2. The van der Waals surface area contributed by atoms with Crippen LogP contribution in [-0.4, -0.2) is 59.8 Å². The lowest BCUT2D eigenvalue weighted by Gasteiger charge is -2.40. The van der Waals surface area contributed by atoms with E-state index < -0.39 is 11.4 Å². The van der Waals surface area contributed by atoms with Crippen LogP contribution in [0, 0.1) is 18.3 Å². The van der Waals surface area contributed by atoms with Crippen molar-refractivity contribution in [1.82, 2.24) is 9.88 Å². The lowest BCUT2D eigenvalue weighted by Crippen LogP contribution is -2.50. The van der Waals surface area contributed by atoms with Crippen molar-refractivity contribution >= 4 is 11.8 Å². The van der Waals surface area contributed by atoms with Gasteiger partial charge >= 0.3 is 5.97 Å². The molecule has 3 aliphatic heterocycles. The Bertz CT molecular complexity index is 1420. The highest BCUT2D eigenvalue weighted by Crippen LogP contribution is 2.58. The number of carboxylic acids is 1. The van der Waals surface area contributed by atoms with E-state index in [4.69, 9.17) is 14.5 Å². The van der Waals surface area contributed by atoms with Gasteiger partial charge < -0.3 is 19.5 Å².